The molecule has 30 heavy (non-hydrogen) atoms. The predicted molar refractivity (Wildman–Crippen MR) is 108 cm³/mol. The summed E-state index contributed by atoms with van der Waals surface area (Å²) >= 11 is 0. The molecule has 1 saturated carbocycles. The fourth-order valence-electron chi connectivity index (χ4n) is 3.67. The first-order chi connectivity index (χ1) is 14.3. The highest BCUT2D eigenvalue weighted by Gasteiger charge is 2.36. The molecule has 1 saturated heterocycles. The van der Waals surface area contributed by atoms with Crippen LogP contribution in [0.15, 0.2) is 23.1 Å². The fraction of sp³-hybridized carbons (Fsp3) is 0.600. The Kier molecular flexibility index (Phi) is 5.88. The van der Waals surface area contributed by atoms with Gasteiger partial charge >= 0.3 is 0 Å². The van der Waals surface area contributed by atoms with Crippen LogP contribution in [0.5, 0.6) is 11.5 Å². The molecule has 1 aromatic rings. The second kappa shape index (κ2) is 8.43. The quantitative estimate of drug-likeness (QED) is 0.723. The molecular weight excluding hydrogens is 410 g/mol. The van der Waals surface area contributed by atoms with Crippen molar-refractivity contribution < 1.29 is 27.5 Å². The summed E-state index contributed by atoms with van der Waals surface area (Å²) in [6.45, 7) is 4.30. The zero-order chi connectivity index (χ0) is 21.3. The first-order valence-electron chi connectivity index (χ1n) is 10.3. The van der Waals surface area contributed by atoms with E-state index in [1.54, 1.807) is 15.9 Å². The van der Waals surface area contributed by atoms with Crippen LogP contribution in [0.1, 0.15) is 26.2 Å². The normalized spacial score (nSPS) is 20.4. The highest BCUT2D eigenvalue weighted by molar-refractivity contribution is 7.89. The molecule has 0 aromatic heterocycles. The van der Waals surface area contributed by atoms with Crippen LogP contribution >= 0.6 is 0 Å². The third-order valence-electron chi connectivity index (χ3n) is 5.56. The van der Waals surface area contributed by atoms with Gasteiger partial charge in [0.1, 0.15) is 0 Å². The van der Waals surface area contributed by atoms with Crippen LogP contribution in [0.25, 0.3) is 0 Å². The molecule has 3 aliphatic rings. The number of sulfonamides is 1. The van der Waals surface area contributed by atoms with Gasteiger partial charge < -0.3 is 19.3 Å². The van der Waals surface area contributed by atoms with Crippen LogP contribution in [-0.4, -0.2) is 75.5 Å². The number of benzene rings is 1. The van der Waals surface area contributed by atoms with Crippen molar-refractivity contribution in [2.24, 2.45) is 5.92 Å². The molecule has 9 nitrogen and oxygen atoms in total. The van der Waals surface area contributed by atoms with Gasteiger partial charge in [-0.3, -0.25) is 9.59 Å². The molecular formula is C20H27N3O6S. The average Bonchev–Trinajstić information content (AvgIpc) is 3.59. The number of nitrogens with zero attached hydrogens (tertiary/aromatic N) is 2. The summed E-state index contributed by atoms with van der Waals surface area (Å²) in [4.78, 5) is 28.3. The van der Waals surface area contributed by atoms with Crippen molar-refractivity contribution in [1.29, 1.82) is 0 Å². The molecule has 164 valence electrons. The van der Waals surface area contributed by atoms with Gasteiger partial charge in [-0.2, -0.15) is 4.72 Å². The zero-order valence-corrected chi connectivity index (χ0v) is 17.8. The second-order valence-electron chi connectivity index (χ2n) is 7.93. The lowest BCUT2D eigenvalue weighted by Gasteiger charge is -2.36. The summed E-state index contributed by atoms with van der Waals surface area (Å²) in [5.41, 5.74) is 0. The van der Waals surface area contributed by atoms with Crippen molar-refractivity contribution in [3.63, 3.8) is 0 Å². The minimum Gasteiger partial charge on any atom is -0.490 e. The van der Waals surface area contributed by atoms with E-state index in [0.29, 0.717) is 50.9 Å². The number of carbonyl (C=O) groups is 2. The van der Waals surface area contributed by atoms with E-state index in [0.717, 1.165) is 19.3 Å². The Hall–Kier alpha value is -2.33. The van der Waals surface area contributed by atoms with Crippen molar-refractivity contribution in [2.75, 3.05) is 39.4 Å². The number of nitrogens with one attached hydrogen (secondary N) is 1. The molecule has 10 heteroatoms. The predicted octanol–water partition coefficient (Wildman–Crippen LogP) is 0.595. The third-order valence-corrected chi connectivity index (χ3v) is 7.10. The number of rotatable bonds is 5. The van der Waals surface area contributed by atoms with E-state index in [1.165, 1.54) is 19.1 Å². The minimum absolute atomic E-state index is 0.0197. The Morgan fingerprint density at radius 2 is 1.67 bits per heavy atom. The van der Waals surface area contributed by atoms with Crippen LogP contribution < -0.4 is 14.2 Å². The van der Waals surface area contributed by atoms with E-state index in [9.17, 15) is 18.0 Å². The minimum atomic E-state index is -3.91. The van der Waals surface area contributed by atoms with Crippen molar-refractivity contribution in [2.45, 2.75) is 37.1 Å². The van der Waals surface area contributed by atoms with Gasteiger partial charge in [0.25, 0.3) is 0 Å². The number of piperazine rings is 1. The van der Waals surface area contributed by atoms with Gasteiger partial charge in [-0.05, 0) is 31.9 Å². The summed E-state index contributed by atoms with van der Waals surface area (Å²) in [5.74, 6) is 0.921. The maximum absolute atomic E-state index is 12.8. The van der Waals surface area contributed by atoms with Crippen molar-refractivity contribution >= 4 is 21.8 Å². The largest absolute Gasteiger partial charge is 0.490 e. The monoisotopic (exact) mass is 437 g/mol. The molecule has 0 radical (unpaired) electrons. The lowest BCUT2D eigenvalue weighted by molar-refractivity contribution is -0.140. The third kappa shape index (κ3) is 4.54. The van der Waals surface area contributed by atoms with Gasteiger partial charge in [0.2, 0.25) is 21.8 Å². The van der Waals surface area contributed by atoms with E-state index < -0.39 is 16.1 Å². The first kappa shape index (κ1) is 20.9. The van der Waals surface area contributed by atoms with E-state index >= 15 is 0 Å². The number of hydrogen-bond acceptors (Lipinski definition) is 6. The van der Waals surface area contributed by atoms with Crippen molar-refractivity contribution in [3.8, 4) is 11.5 Å². The molecule has 2 heterocycles. The number of amides is 2. The molecule has 2 aliphatic heterocycles. The van der Waals surface area contributed by atoms with Gasteiger partial charge in [-0.25, -0.2) is 8.42 Å². The van der Waals surface area contributed by atoms with E-state index in [1.807, 2.05) is 0 Å². The SMILES string of the molecule is C[C@H](NS(=O)(=O)c1ccc2c(c1)OCCCO2)C(=O)N1CCN(C(=O)C2CC2)CC1. The molecule has 1 aromatic carbocycles. The van der Waals surface area contributed by atoms with Crippen molar-refractivity contribution in [3.05, 3.63) is 18.2 Å². The highest BCUT2D eigenvalue weighted by Crippen LogP contribution is 2.32. The van der Waals surface area contributed by atoms with Gasteiger partial charge in [0.15, 0.2) is 11.5 Å². The lowest BCUT2D eigenvalue weighted by Crippen LogP contribution is -2.55. The first-order valence-corrected chi connectivity index (χ1v) is 11.8. The summed E-state index contributed by atoms with van der Waals surface area (Å²) in [7, 11) is -3.91. The van der Waals surface area contributed by atoms with Crippen molar-refractivity contribution in [1.82, 2.24) is 14.5 Å². The zero-order valence-electron chi connectivity index (χ0n) is 17.0. The molecule has 2 fully saturated rings. The maximum atomic E-state index is 12.8. The highest BCUT2D eigenvalue weighted by atomic mass is 32.2. The molecule has 0 bridgehead atoms. The molecule has 1 N–H and O–H groups in total. The summed E-state index contributed by atoms with van der Waals surface area (Å²) in [6.07, 6.45) is 2.63. The topological polar surface area (TPSA) is 105 Å². The number of fused-ring (bicyclic) bond motifs is 1. The van der Waals surface area contributed by atoms with Gasteiger partial charge in [0, 0.05) is 44.6 Å². The van der Waals surface area contributed by atoms with Crippen LogP contribution in [-0.2, 0) is 19.6 Å². The van der Waals surface area contributed by atoms with Gasteiger partial charge in [-0.15, -0.1) is 0 Å². The Balaban J connectivity index is 1.36. The lowest BCUT2D eigenvalue weighted by atomic mass is 10.2. The summed E-state index contributed by atoms with van der Waals surface area (Å²) < 4.78 is 39.1. The number of ether oxygens (including phenoxy) is 2. The average molecular weight is 438 g/mol. The van der Waals surface area contributed by atoms with Crippen LogP contribution in [0.3, 0.4) is 0 Å². The number of carbonyl (C=O) groups excluding carboxylic acids is 2. The van der Waals surface area contributed by atoms with Gasteiger partial charge in [-0.1, -0.05) is 0 Å². The molecule has 1 atom stereocenters. The summed E-state index contributed by atoms with van der Waals surface area (Å²) in [5, 5.41) is 0. The molecule has 0 spiro atoms. The van der Waals surface area contributed by atoms with Crippen LogP contribution in [0.4, 0.5) is 0 Å². The Morgan fingerprint density at radius 1 is 1.03 bits per heavy atom. The van der Waals surface area contributed by atoms with Gasteiger partial charge in [0.05, 0.1) is 24.2 Å². The fourth-order valence-corrected chi connectivity index (χ4v) is 4.88. The Labute approximate surface area is 176 Å². The Bertz CT molecular complexity index is 922. The van der Waals surface area contributed by atoms with E-state index in [4.69, 9.17) is 9.47 Å². The molecule has 2 amide bonds. The number of hydrogen-bond donors (Lipinski definition) is 1. The maximum Gasteiger partial charge on any atom is 0.241 e. The Morgan fingerprint density at radius 3 is 2.33 bits per heavy atom. The van der Waals surface area contributed by atoms with Crippen LogP contribution in [0.2, 0.25) is 0 Å². The van der Waals surface area contributed by atoms with Crippen LogP contribution in [0, 0.1) is 5.92 Å². The molecule has 4 rings (SSSR count). The van der Waals surface area contributed by atoms with E-state index in [-0.39, 0.29) is 22.6 Å². The molecule has 1 aliphatic carbocycles. The second-order valence-corrected chi connectivity index (χ2v) is 9.64. The standard InChI is InChI=1S/C20H27N3O6S/c1-14(19(24)22-7-9-23(10-8-22)20(25)15-3-4-15)21-30(26,27)16-5-6-17-18(13-16)29-12-2-11-28-17/h5-6,13-15,21H,2-4,7-12H2,1H3/t14-/m0/s1. The van der Waals surface area contributed by atoms with E-state index in [2.05, 4.69) is 4.72 Å². The molecule has 0 unspecified atom stereocenters. The smallest absolute Gasteiger partial charge is 0.241 e. The summed E-state index contributed by atoms with van der Waals surface area (Å²) in [6, 6.07) is 3.51.